The van der Waals surface area contributed by atoms with E-state index in [2.05, 4.69) is 21.0 Å². The van der Waals surface area contributed by atoms with Crippen molar-refractivity contribution in [3.63, 3.8) is 0 Å². The van der Waals surface area contributed by atoms with Crippen molar-refractivity contribution in [2.24, 2.45) is 0 Å². The molecule has 1 fully saturated rings. The van der Waals surface area contributed by atoms with Crippen molar-refractivity contribution in [1.82, 2.24) is 25.7 Å². The maximum atomic E-state index is 12.7. The molecular formula is C16H27N5O2. The fourth-order valence-corrected chi connectivity index (χ4v) is 2.83. The normalized spacial score (nSPS) is 18.2. The van der Waals surface area contributed by atoms with Crippen LogP contribution >= 0.6 is 0 Å². The maximum Gasteiger partial charge on any atom is 0.248 e. The molecule has 0 radical (unpaired) electrons. The summed E-state index contributed by atoms with van der Waals surface area (Å²) in [7, 11) is 0. The summed E-state index contributed by atoms with van der Waals surface area (Å²) in [5.41, 5.74) is -0.651. The Morgan fingerprint density at radius 2 is 2.13 bits per heavy atom. The summed E-state index contributed by atoms with van der Waals surface area (Å²) in [5, 5.41) is 13.4. The molecule has 1 saturated heterocycles. The Bertz CT molecular complexity index is 509. The van der Waals surface area contributed by atoms with Gasteiger partial charge in [-0.2, -0.15) is 5.10 Å². The second kappa shape index (κ2) is 8.10. The highest BCUT2D eigenvalue weighted by molar-refractivity contribution is 5.85. The number of nitrogens with zero attached hydrogens (tertiary/aromatic N) is 2. The average molecular weight is 321 g/mol. The number of hydrogen-bond acceptors (Lipinski definition) is 4. The molecular weight excluding hydrogens is 294 g/mol. The van der Waals surface area contributed by atoms with Crippen LogP contribution in [0.2, 0.25) is 0 Å². The van der Waals surface area contributed by atoms with Gasteiger partial charge in [0.05, 0.1) is 0 Å². The quantitative estimate of drug-likeness (QED) is 0.677. The Kier molecular flexibility index (Phi) is 6.15. The highest BCUT2D eigenvalue weighted by atomic mass is 16.2. The third-order valence-corrected chi connectivity index (χ3v) is 4.45. The van der Waals surface area contributed by atoms with E-state index in [-0.39, 0.29) is 17.9 Å². The smallest absolute Gasteiger partial charge is 0.248 e. The maximum absolute atomic E-state index is 12.7. The zero-order valence-electron chi connectivity index (χ0n) is 14.0. The van der Waals surface area contributed by atoms with Crippen LogP contribution in [0.25, 0.3) is 0 Å². The van der Waals surface area contributed by atoms with Gasteiger partial charge in [-0.05, 0) is 45.3 Å². The van der Waals surface area contributed by atoms with E-state index in [1.807, 2.05) is 26.1 Å². The predicted octanol–water partition coefficient (Wildman–Crippen LogP) is 0.383. The molecule has 2 heterocycles. The van der Waals surface area contributed by atoms with E-state index < -0.39 is 5.54 Å². The fraction of sp³-hybridized carbons (Fsp3) is 0.688. The highest BCUT2D eigenvalue weighted by Gasteiger charge is 2.41. The molecule has 2 rings (SSSR count). The van der Waals surface area contributed by atoms with Gasteiger partial charge in [0, 0.05) is 31.4 Å². The lowest BCUT2D eigenvalue weighted by molar-refractivity contribution is -0.132. The van der Waals surface area contributed by atoms with Gasteiger partial charge in [-0.3, -0.25) is 14.3 Å². The number of carbonyl (C=O) groups is 2. The first-order valence-electron chi connectivity index (χ1n) is 8.37. The lowest BCUT2D eigenvalue weighted by Gasteiger charge is -2.36. The molecule has 3 N–H and O–H groups in total. The van der Waals surface area contributed by atoms with Crippen molar-refractivity contribution in [3.8, 4) is 0 Å². The number of carbonyl (C=O) groups excluding carboxylic acids is 2. The second-order valence-corrected chi connectivity index (χ2v) is 6.11. The van der Waals surface area contributed by atoms with E-state index in [4.69, 9.17) is 0 Å². The van der Waals surface area contributed by atoms with E-state index in [0.717, 1.165) is 19.5 Å². The molecule has 1 aromatic rings. The number of aromatic nitrogens is 2. The number of piperidine rings is 1. The number of nitrogens with one attached hydrogen (secondary N) is 3. The topological polar surface area (TPSA) is 88.1 Å². The highest BCUT2D eigenvalue weighted by Crippen LogP contribution is 2.27. The summed E-state index contributed by atoms with van der Waals surface area (Å²) >= 11 is 0. The molecule has 0 aromatic carbocycles. The largest absolute Gasteiger partial charge is 0.354 e. The molecule has 2 amide bonds. The van der Waals surface area contributed by atoms with E-state index in [9.17, 15) is 9.59 Å². The molecule has 7 heteroatoms. The van der Waals surface area contributed by atoms with Gasteiger partial charge in [-0.25, -0.2) is 0 Å². The monoisotopic (exact) mass is 321 g/mol. The first kappa shape index (κ1) is 17.5. The summed E-state index contributed by atoms with van der Waals surface area (Å²) in [5.74, 6) is -0.0860. The minimum atomic E-state index is -0.651. The van der Waals surface area contributed by atoms with Gasteiger partial charge in [0.2, 0.25) is 11.8 Å². The van der Waals surface area contributed by atoms with Crippen molar-refractivity contribution < 1.29 is 9.59 Å². The zero-order valence-corrected chi connectivity index (χ0v) is 14.0. The minimum absolute atomic E-state index is 0.0295. The van der Waals surface area contributed by atoms with Crippen LogP contribution < -0.4 is 16.0 Å². The van der Waals surface area contributed by atoms with E-state index in [1.165, 1.54) is 0 Å². The Morgan fingerprint density at radius 1 is 1.39 bits per heavy atom. The first-order chi connectivity index (χ1) is 11.1. The second-order valence-electron chi connectivity index (χ2n) is 6.11. The molecule has 0 bridgehead atoms. The van der Waals surface area contributed by atoms with Gasteiger partial charge in [0.25, 0.3) is 0 Å². The van der Waals surface area contributed by atoms with Crippen LogP contribution in [0, 0.1) is 0 Å². The van der Waals surface area contributed by atoms with E-state index >= 15 is 0 Å². The van der Waals surface area contributed by atoms with E-state index in [0.29, 0.717) is 25.8 Å². The lowest BCUT2D eigenvalue weighted by Crippen LogP contribution is -2.55. The van der Waals surface area contributed by atoms with Gasteiger partial charge >= 0.3 is 0 Å². The SMILES string of the molecule is CCC(C)NC(=O)CCNC(=O)C1(n2cccn2)CCNCC1. The zero-order chi connectivity index (χ0) is 16.7. The number of rotatable bonds is 7. The molecule has 0 aliphatic carbocycles. The molecule has 23 heavy (non-hydrogen) atoms. The minimum Gasteiger partial charge on any atom is -0.354 e. The first-order valence-corrected chi connectivity index (χ1v) is 8.37. The summed E-state index contributed by atoms with van der Waals surface area (Å²) in [4.78, 5) is 24.5. The van der Waals surface area contributed by atoms with Crippen molar-refractivity contribution in [2.75, 3.05) is 19.6 Å². The van der Waals surface area contributed by atoms with Crippen LogP contribution in [0.5, 0.6) is 0 Å². The van der Waals surface area contributed by atoms with Crippen molar-refractivity contribution in [3.05, 3.63) is 18.5 Å². The van der Waals surface area contributed by atoms with Crippen molar-refractivity contribution >= 4 is 11.8 Å². The van der Waals surface area contributed by atoms with Crippen molar-refractivity contribution in [2.45, 2.75) is 51.1 Å². The average Bonchev–Trinajstić information content (AvgIpc) is 3.10. The molecule has 0 spiro atoms. The van der Waals surface area contributed by atoms with Gasteiger partial charge in [0.1, 0.15) is 5.54 Å². The molecule has 1 aliphatic rings. The molecule has 7 nitrogen and oxygen atoms in total. The standard InChI is InChI=1S/C16H27N5O2/c1-3-13(2)20-14(22)5-9-18-15(23)16(6-10-17-11-7-16)21-12-4-8-19-21/h4,8,12-13,17H,3,5-7,9-11H2,1-2H3,(H,18,23)(H,20,22). The molecule has 1 aromatic heterocycles. The van der Waals surface area contributed by atoms with Crippen LogP contribution in [0.1, 0.15) is 39.5 Å². The fourth-order valence-electron chi connectivity index (χ4n) is 2.83. The molecule has 1 aliphatic heterocycles. The van der Waals surface area contributed by atoms with Crippen LogP contribution in [0.4, 0.5) is 0 Å². The van der Waals surface area contributed by atoms with Crippen molar-refractivity contribution in [1.29, 1.82) is 0 Å². The Hall–Kier alpha value is -1.89. The predicted molar refractivity (Wildman–Crippen MR) is 87.8 cm³/mol. The van der Waals surface area contributed by atoms with E-state index in [1.54, 1.807) is 10.9 Å². The Balaban J connectivity index is 1.91. The summed E-state index contributed by atoms with van der Waals surface area (Å²) in [6.07, 6.45) is 6.10. The van der Waals surface area contributed by atoms with Gasteiger partial charge < -0.3 is 16.0 Å². The van der Waals surface area contributed by atoms with Gasteiger partial charge in [0.15, 0.2) is 0 Å². The third kappa shape index (κ3) is 4.31. The summed E-state index contributed by atoms with van der Waals surface area (Å²) in [6, 6.07) is 1.99. The van der Waals surface area contributed by atoms with Crippen LogP contribution in [0.3, 0.4) is 0 Å². The third-order valence-electron chi connectivity index (χ3n) is 4.45. The van der Waals surface area contributed by atoms with Crippen LogP contribution in [-0.2, 0) is 15.1 Å². The van der Waals surface area contributed by atoms with Crippen LogP contribution in [-0.4, -0.2) is 47.3 Å². The summed E-state index contributed by atoms with van der Waals surface area (Å²) in [6.45, 7) is 5.90. The van der Waals surface area contributed by atoms with Gasteiger partial charge in [-0.1, -0.05) is 6.92 Å². The Morgan fingerprint density at radius 3 is 2.74 bits per heavy atom. The van der Waals surface area contributed by atoms with Crippen LogP contribution in [0.15, 0.2) is 18.5 Å². The molecule has 1 unspecified atom stereocenters. The summed E-state index contributed by atoms with van der Waals surface area (Å²) < 4.78 is 1.75. The lowest BCUT2D eigenvalue weighted by atomic mass is 9.87. The van der Waals surface area contributed by atoms with Gasteiger partial charge in [-0.15, -0.1) is 0 Å². The number of hydrogen-bond donors (Lipinski definition) is 3. The number of amides is 2. The molecule has 128 valence electrons. The molecule has 1 atom stereocenters. The molecule has 0 saturated carbocycles. The Labute approximate surface area is 137 Å².